The number of nitrogens with zero attached hydrogens (tertiary/aromatic N) is 2. The molecule has 0 aromatic heterocycles. The number of phenols is 1. The van der Waals surface area contributed by atoms with Gasteiger partial charge in [-0.15, -0.1) is 0 Å². The van der Waals surface area contributed by atoms with Crippen LogP contribution in [-0.4, -0.2) is 53.1 Å². The number of hydrogen-bond donors (Lipinski definition) is 2. The number of likely N-dealkylation sites (N-methyl/N-ethyl adjacent to an activating group) is 1. The van der Waals surface area contributed by atoms with E-state index < -0.39 is 0 Å². The first-order chi connectivity index (χ1) is 9.49. The van der Waals surface area contributed by atoms with Crippen LogP contribution in [-0.2, 0) is 0 Å². The quantitative estimate of drug-likeness (QED) is 0.828. The van der Waals surface area contributed by atoms with Crippen molar-refractivity contribution >= 4 is 17.2 Å². The van der Waals surface area contributed by atoms with Crippen molar-refractivity contribution in [1.29, 1.82) is 0 Å². The van der Waals surface area contributed by atoms with Crippen molar-refractivity contribution in [3.8, 4) is 5.75 Å². The van der Waals surface area contributed by atoms with E-state index in [2.05, 4.69) is 23.9 Å². The maximum atomic E-state index is 9.41. The minimum atomic E-state index is -0.0704. The fraction of sp³-hybridized carbons (Fsp3) is 0.533. The van der Waals surface area contributed by atoms with E-state index in [0.29, 0.717) is 11.0 Å². The molecular formula is C15H23N3OS. The Morgan fingerprint density at radius 2 is 1.90 bits per heavy atom. The lowest BCUT2D eigenvalue weighted by Gasteiger charge is -2.39. The highest BCUT2D eigenvalue weighted by atomic mass is 32.1. The van der Waals surface area contributed by atoms with Crippen molar-refractivity contribution in [3.05, 3.63) is 29.8 Å². The van der Waals surface area contributed by atoms with Crippen LogP contribution in [0, 0.1) is 0 Å². The summed E-state index contributed by atoms with van der Waals surface area (Å²) in [5.41, 5.74) is 7.00. The molecule has 0 amide bonds. The van der Waals surface area contributed by atoms with Crippen molar-refractivity contribution in [2.75, 3.05) is 27.2 Å². The van der Waals surface area contributed by atoms with Gasteiger partial charge in [-0.1, -0.05) is 24.4 Å². The lowest BCUT2D eigenvalue weighted by Crippen LogP contribution is -2.46. The van der Waals surface area contributed by atoms with Gasteiger partial charge in [0.25, 0.3) is 0 Å². The Morgan fingerprint density at radius 1 is 1.35 bits per heavy atom. The van der Waals surface area contributed by atoms with Gasteiger partial charge < -0.3 is 15.7 Å². The van der Waals surface area contributed by atoms with Crippen LogP contribution in [0.1, 0.15) is 24.4 Å². The second-order valence-electron chi connectivity index (χ2n) is 5.60. The molecule has 1 saturated heterocycles. The van der Waals surface area contributed by atoms with E-state index in [-0.39, 0.29) is 11.8 Å². The number of nitrogens with two attached hydrogens (primary N) is 1. The van der Waals surface area contributed by atoms with Crippen LogP contribution in [0.4, 0.5) is 0 Å². The van der Waals surface area contributed by atoms with E-state index in [9.17, 15) is 5.11 Å². The standard InChI is InChI=1S/C15H23N3OS/c1-17-9-7-12(8-10-17)18(2)14(15(16)20)11-3-5-13(19)6-4-11/h3-6,12,14,19H,7-10H2,1-2H3,(H2,16,20). The van der Waals surface area contributed by atoms with Gasteiger partial charge in [-0.3, -0.25) is 4.90 Å². The van der Waals surface area contributed by atoms with Gasteiger partial charge in [0.2, 0.25) is 0 Å². The highest BCUT2D eigenvalue weighted by Crippen LogP contribution is 2.27. The fourth-order valence-electron chi connectivity index (χ4n) is 2.87. The van der Waals surface area contributed by atoms with E-state index in [1.54, 1.807) is 12.1 Å². The smallest absolute Gasteiger partial charge is 0.115 e. The normalized spacial score (nSPS) is 19.1. The zero-order valence-corrected chi connectivity index (χ0v) is 12.9. The summed E-state index contributed by atoms with van der Waals surface area (Å²) in [6.45, 7) is 2.21. The van der Waals surface area contributed by atoms with Crippen LogP contribution < -0.4 is 5.73 Å². The van der Waals surface area contributed by atoms with Crippen LogP contribution in [0.3, 0.4) is 0 Å². The molecule has 1 unspecified atom stereocenters. The summed E-state index contributed by atoms with van der Waals surface area (Å²) in [6.07, 6.45) is 2.26. The van der Waals surface area contributed by atoms with Gasteiger partial charge in [0, 0.05) is 6.04 Å². The number of benzene rings is 1. The molecule has 1 aliphatic heterocycles. The van der Waals surface area contributed by atoms with E-state index in [0.717, 1.165) is 31.5 Å². The minimum absolute atomic E-state index is 0.0704. The summed E-state index contributed by atoms with van der Waals surface area (Å²) in [4.78, 5) is 5.11. The SMILES string of the molecule is CN1CCC(N(C)C(C(N)=S)c2ccc(O)cc2)CC1. The monoisotopic (exact) mass is 293 g/mol. The van der Waals surface area contributed by atoms with Crippen molar-refractivity contribution in [2.45, 2.75) is 24.9 Å². The summed E-state index contributed by atoms with van der Waals surface area (Å²) in [5.74, 6) is 0.261. The molecular weight excluding hydrogens is 270 g/mol. The van der Waals surface area contributed by atoms with Crippen molar-refractivity contribution in [2.24, 2.45) is 5.73 Å². The van der Waals surface area contributed by atoms with Gasteiger partial charge in [-0.2, -0.15) is 0 Å². The number of aromatic hydroxyl groups is 1. The van der Waals surface area contributed by atoms with E-state index >= 15 is 0 Å². The largest absolute Gasteiger partial charge is 0.508 e. The average Bonchev–Trinajstić information content (AvgIpc) is 2.41. The van der Waals surface area contributed by atoms with Crippen LogP contribution in [0.5, 0.6) is 5.75 Å². The molecule has 0 radical (unpaired) electrons. The molecule has 0 aliphatic carbocycles. The zero-order valence-electron chi connectivity index (χ0n) is 12.1. The van der Waals surface area contributed by atoms with Crippen LogP contribution in [0.15, 0.2) is 24.3 Å². The lowest BCUT2D eigenvalue weighted by atomic mass is 9.98. The minimum Gasteiger partial charge on any atom is -0.508 e. The summed E-state index contributed by atoms with van der Waals surface area (Å²) in [7, 11) is 4.24. The Morgan fingerprint density at radius 3 is 2.40 bits per heavy atom. The molecule has 1 aliphatic rings. The van der Waals surface area contributed by atoms with Gasteiger partial charge in [-0.05, 0) is 57.7 Å². The second-order valence-corrected chi connectivity index (χ2v) is 6.07. The number of phenolic OH excluding ortho intramolecular Hbond substituents is 1. The molecule has 1 fully saturated rings. The molecule has 110 valence electrons. The van der Waals surface area contributed by atoms with E-state index in [4.69, 9.17) is 18.0 Å². The van der Waals surface area contributed by atoms with E-state index in [1.807, 2.05) is 12.1 Å². The summed E-state index contributed by atoms with van der Waals surface area (Å²) >= 11 is 5.26. The molecule has 3 N–H and O–H groups in total. The first-order valence-corrected chi connectivity index (χ1v) is 7.38. The number of piperidine rings is 1. The average molecular weight is 293 g/mol. The van der Waals surface area contributed by atoms with Crippen LogP contribution in [0.2, 0.25) is 0 Å². The molecule has 0 saturated carbocycles. The highest BCUT2D eigenvalue weighted by Gasteiger charge is 2.28. The first-order valence-electron chi connectivity index (χ1n) is 6.97. The Hall–Kier alpha value is -1.17. The third-order valence-corrected chi connectivity index (χ3v) is 4.37. The molecule has 2 rings (SSSR count). The third kappa shape index (κ3) is 3.48. The predicted molar refractivity (Wildman–Crippen MR) is 85.9 cm³/mol. The fourth-order valence-corrected chi connectivity index (χ4v) is 3.17. The Kier molecular flexibility index (Phi) is 4.96. The third-order valence-electron chi connectivity index (χ3n) is 4.15. The number of hydrogen-bond acceptors (Lipinski definition) is 4. The van der Waals surface area contributed by atoms with Crippen molar-refractivity contribution in [3.63, 3.8) is 0 Å². The topological polar surface area (TPSA) is 52.7 Å². The number of thiocarbonyl (C=S) groups is 1. The predicted octanol–water partition coefficient (Wildman–Crippen LogP) is 1.75. The number of rotatable bonds is 4. The number of likely N-dealkylation sites (tertiary alicyclic amines) is 1. The molecule has 20 heavy (non-hydrogen) atoms. The molecule has 1 aromatic rings. The zero-order chi connectivity index (χ0) is 14.7. The molecule has 1 atom stereocenters. The molecule has 1 aromatic carbocycles. The van der Waals surface area contributed by atoms with Crippen LogP contribution >= 0.6 is 12.2 Å². The molecule has 1 heterocycles. The molecule has 0 bridgehead atoms. The maximum absolute atomic E-state index is 9.41. The van der Waals surface area contributed by atoms with Gasteiger partial charge in [0.15, 0.2) is 0 Å². The Balaban J connectivity index is 2.16. The van der Waals surface area contributed by atoms with Crippen molar-refractivity contribution in [1.82, 2.24) is 9.80 Å². The van der Waals surface area contributed by atoms with Crippen molar-refractivity contribution < 1.29 is 5.11 Å². The Bertz CT molecular complexity index is 455. The van der Waals surface area contributed by atoms with Crippen LogP contribution in [0.25, 0.3) is 0 Å². The van der Waals surface area contributed by atoms with E-state index in [1.165, 1.54) is 0 Å². The lowest BCUT2D eigenvalue weighted by molar-refractivity contribution is 0.130. The van der Waals surface area contributed by atoms with Gasteiger partial charge >= 0.3 is 0 Å². The molecule has 4 nitrogen and oxygen atoms in total. The second kappa shape index (κ2) is 6.52. The summed E-state index contributed by atoms with van der Waals surface area (Å²) < 4.78 is 0. The van der Waals surface area contributed by atoms with Gasteiger partial charge in [0.05, 0.1) is 11.0 Å². The van der Waals surface area contributed by atoms with Gasteiger partial charge in [-0.25, -0.2) is 0 Å². The van der Waals surface area contributed by atoms with Gasteiger partial charge in [0.1, 0.15) is 5.75 Å². The highest BCUT2D eigenvalue weighted by molar-refractivity contribution is 7.80. The summed E-state index contributed by atoms with van der Waals surface area (Å²) in [6, 6.07) is 7.58. The molecule has 0 spiro atoms. The summed E-state index contributed by atoms with van der Waals surface area (Å²) in [5, 5.41) is 9.41. The first kappa shape index (κ1) is 15.2. The maximum Gasteiger partial charge on any atom is 0.115 e. The molecule has 5 heteroatoms. The Labute approximate surface area is 126 Å².